The van der Waals surface area contributed by atoms with Crippen molar-refractivity contribution in [3.8, 4) is 11.1 Å². The van der Waals surface area contributed by atoms with Crippen LogP contribution in [-0.2, 0) is 6.18 Å². The summed E-state index contributed by atoms with van der Waals surface area (Å²) < 4.78 is 38.2. The van der Waals surface area contributed by atoms with Crippen molar-refractivity contribution in [1.82, 2.24) is 9.97 Å². The summed E-state index contributed by atoms with van der Waals surface area (Å²) in [5, 5.41) is 3.46. The molecule has 0 saturated heterocycles. The van der Waals surface area contributed by atoms with Gasteiger partial charge in [-0.25, -0.2) is 9.97 Å². The molecule has 2 aromatic carbocycles. The normalized spacial score (nSPS) is 12.8. The van der Waals surface area contributed by atoms with Gasteiger partial charge in [-0.15, -0.1) is 0 Å². The molecule has 28 heavy (non-hydrogen) atoms. The average molecular weight is 385 g/mol. The van der Waals surface area contributed by atoms with Gasteiger partial charge >= 0.3 is 6.18 Å². The predicted molar refractivity (Wildman–Crippen MR) is 105 cm³/mol. The molecule has 1 heterocycles. The minimum atomic E-state index is -4.32. The molecule has 3 aromatic rings. The van der Waals surface area contributed by atoms with E-state index in [4.69, 9.17) is 0 Å². The Bertz CT molecular complexity index is 874. The Hall–Kier alpha value is -2.89. The van der Waals surface area contributed by atoms with Crippen LogP contribution in [0.5, 0.6) is 0 Å². The molecule has 0 fully saturated rings. The molecule has 0 bridgehead atoms. The fraction of sp³-hybridized carbons (Fsp3) is 0.273. The smallest absolute Gasteiger partial charge is 0.376 e. The molecule has 0 saturated carbocycles. The van der Waals surface area contributed by atoms with Gasteiger partial charge in [0.15, 0.2) is 0 Å². The summed E-state index contributed by atoms with van der Waals surface area (Å²) in [6.07, 6.45) is 1.56. The van der Waals surface area contributed by atoms with Crippen molar-refractivity contribution in [3.05, 3.63) is 78.4 Å². The van der Waals surface area contributed by atoms with E-state index >= 15 is 0 Å². The van der Waals surface area contributed by atoms with Crippen LogP contribution in [0.15, 0.2) is 67.3 Å². The summed E-state index contributed by atoms with van der Waals surface area (Å²) in [5.41, 5.74) is 2.94. The monoisotopic (exact) mass is 385 g/mol. The standard InChI is InChI=1S/C22H22F3N3/c1-15(2)11-21(28-20-12-26-14-27-13-20)18-5-3-16(4-6-18)17-7-9-19(10-8-17)22(23,24)25/h3-10,12-15,21,28H,11H2,1-2H3. The molecule has 0 radical (unpaired) electrons. The Kier molecular flexibility index (Phi) is 5.97. The van der Waals surface area contributed by atoms with Gasteiger partial charge in [0.1, 0.15) is 6.33 Å². The highest BCUT2D eigenvalue weighted by Crippen LogP contribution is 2.32. The van der Waals surface area contributed by atoms with Gasteiger partial charge in [0.2, 0.25) is 0 Å². The minimum absolute atomic E-state index is 0.0904. The van der Waals surface area contributed by atoms with Gasteiger partial charge in [0.25, 0.3) is 0 Å². The van der Waals surface area contributed by atoms with Gasteiger partial charge in [-0.1, -0.05) is 50.2 Å². The van der Waals surface area contributed by atoms with Crippen LogP contribution in [0.3, 0.4) is 0 Å². The lowest BCUT2D eigenvalue weighted by molar-refractivity contribution is -0.137. The molecule has 0 aliphatic carbocycles. The highest BCUT2D eigenvalue weighted by Gasteiger charge is 2.29. The third kappa shape index (κ3) is 5.09. The first kappa shape index (κ1) is 19.9. The zero-order valence-corrected chi connectivity index (χ0v) is 15.7. The van der Waals surface area contributed by atoms with Crippen LogP contribution in [0.1, 0.15) is 37.4 Å². The molecule has 1 atom stereocenters. The molecule has 1 N–H and O–H groups in total. The molecule has 0 spiro atoms. The second-order valence-electron chi connectivity index (χ2n) is 7.15. The fourth-order valence-electron chi connectivity index (χ4n) is 3.08. The van der Waals surface area contributed by atoms with E-state index in [0.717, 1.165) is 40.9 Å². The van der Waals surface area contributed by atoms with E-state index in [9.17, 15) is 13.2 Å². The van der Waals surface area contributed by atoms with Gasteiger partial charge in [-0.2, -0.15) is 13.2 Å². The molecule has 3 rings (SSSR count). The van der Waals surface area contributed by atoms with Gasteiger partial charge in [-0.05, 0) is 41.2 Å². The molecule has 1 aromatic heterocycles. The first-order chi connectivity index (χ1) is 13.3. The van der Waals surface area contributed by atoms with E-state index in [2.05, 4.69) is 29.1 Å². The number of nitrogens with one attached hydrogen (secondary N) is 1. The zero-order valence-electron chi connectivity index (χ0n) is 15.7. The van der Waals surface area contributed by atoms with Crippen molar-refractivity contribution in [2.45, 2.75) is 32.5 Å². The van der Waals surface area contributed by atoms with E-state index in [1.807, 2.05) is 24.3 Å². The van der Waals surface area contributed by atoms with Crippen LogP contribution >= 0.6 is 0 Å². The maximum absolute atomic E-state index is 12.7. The third-order valence-electron chi connectivity index (χ3n) is 4.47. The number of rotatable bonds is 6. The number of benzene rings is 2. The number of hydrogen-bond donors (Lipinski definition) is 1. The van der Waals surface area contributed by atoms with Crippen molar-refractivity contribution in [3.63, 3.8) is 0 Å². The van der Waals surface area contributed by atoms with Crippen LogP contribution in [0.25, 0.3) is 11.1 Å². The Labute approximate surface area is 162 Å². The van der Waals surface area contributed by atoms with E-state index in [1.165, 1.54) is 18.5 Å². The predicted octanol–water partition coefficient (Wildman–Crippen LogP) is 6.36. The van der Waals surface area contributed by atoms with Crippen LogP contribution in [-0.4, -0.2) is 9.97 Å². The Morgan fingerprint density at radius 3 is 1.89 bits per heavy atom. The second-order valence-corrected chi connectivity index (χ2v) is 7.15. The van der Waals surface area contributed by atoms with Gasteiger partial charge in [0.05, 0.1) is 29.7 Å². The zero-order chi connectivity index (χ0) is 20.1. The van der Waals surface area contributed by atoms with Crippen LogP contribution in [0, 0.1) is 5.92 Å². The summed E-state index contributed by atoms with van der Waals surface area (Å²) >= 11 is 0. The number of anilines is 1. The van der Waals surface area contributed by atoms with Crippen molar-refractivity contribution in [2.24, 2.45) is 5.92 Å². The first-order valence-corrected chi connectivity index (χ1v) is 9.12. The summed E-state index contributed by atoms with van der Waals surface area (Å²) in [4.78, 5) is 8.07. The average Bonchev–Trinajstić information content (AvgIpc) is 2.67. The van der Waals surface area contributed by atoms with Crippen molar-refractivity contribution >= 4 is 5.69 Å². The van der Waals surface area contributed by atoms with Crippen LogP contribution < -0.4 is 5.32 Å². The van der Waals surface area contributed by atoms with E-state index < -0.39 is 11.7 Å². The number of hydrogen-bond acceptors (Lipinski definition) is 3. The Morgan fingerprint density at radius 2 is 1.39 bits per heavy atom. The molecule has 3 nitrogen and oxygen atoms in total. The summed E-state index contributed by atoms with van der Waals surface area (Å²) in [6.45, 7) is 4.32. The summed E-state index contributed by atoms with van der Waals surface area (Å²) in [6, 6.07) is 13.2. The summed E-state index contributed by atoms with van der Waals surface area (Å²) in [5.74, 6) is 0.483. The maximum atomic E-state index is 12.7. The van der Waals surface area contributed by atoms with E-state index in [1.54, 1.807) is 12.4 Å². The fourth-order valence-corrected chi connectivity index (χ4v) is 3.08. The Balaban J connectivity index is 1.80. The van der Waals surface area contributed by atoms with Gasteiger partial charge < -0.3 is 5.32 Å². The molecule has 1 unspecified atom stereocenters. The molecule has 0 aliphatic rings. The molecule has 6 heteroatoms. The highest BCUT2D eigenvalue weighted by molar-refractivity contribution is 5.64. The lowest BCUT2D eigenvalue weighted by Crippen LogP contribution is -2.13. The first-order valence-electron chi connectivity index (χ1n) is 9.12. The van der Waals surface area contributed by atoms with Crippen LogP contribution in [0.4, 0.5) is 18.9 Å². The number of alkyl halides is 3. The molecule has 146 valence electrons. The maximum Gasteiger partial charge on any atom is 0.416 e. The topological polar surface area (TPSA) is 37.8 Å². The van der Waals surface area contributed by atoms with E-state index in [-0.39, 0.29) is 6.04 Å². The lowest BCUT2D eigenvalue weighted by atomic mass is 9.94. The van der Waals surface area contributed by atoms with Crippen molar-refractivity contribution in [1.29, 1.82) is 0 Å². The number of halogens is 3. The Morgan fingerprint density at radius 1 is 0.857 bits per heavy atom. The second kappa shape index (κ2) is 8.42. The van der Waals surface area contributed by atoms with Gasteiger partial charge in [-0.3, -0.25) is 0 Å². The van der Waals surface area contributed by atoms with E-state index in [0.29, 0.717) is 5.92 Å². The molecule has 0 amide bonds. The van der Waals surface area contributed by atoms with Crippen molar-refractivity contribution < 1.29 is 13.2 Å². The third-order valence-corrected chi connectivity index (χ3v) is 4.47. The van der Waals surface area contributed by atoms with Crippen LogP contribution in [0.2, 0.25) is 0 Å². The molecule has 0 aliphatic heterocycles. The molecular weight excluding hydrogens is 363 g/mol. The van der Waals surface area contributed by atoms with Crippen molar-refractivity contribution in [2.75, 3.05) is 5.32 Å². The minimum Gasteiger partial charge on any atom is -0.376 e. The lowest BCUT2D eigenvalue weighted by Gasteiger charge is -2.22. The quantitative estimate of drug-likeness (QED) is 0.536. The number of nitrogens with zero attached hydrogens (tertiary/aromatic N) is 2. The SMILES string of the molecule is CC(C)CC(Nc1cncnc1)c1ccc(-c2ccc(C(F)(F)F)cc2)cc1. The molecular formula is C22H22F3N3. The summed E-state index contributed by atoms with van der Waals surface area (Å²) in [7, 11) is 0. The highest BCUT2D eigenvalue weighted by atomic mass is 19.4. The number of aromatic nitrogens is 2. The largest absolute Gasteiger partial charge is 0.416 e. The van der Waals surface area contributed by atoms with Gasteiger partial charge in [0, 0.05) is 0 Å².